The molecule has 5 heteroatoms. The van der Waals surface area contributed by atoms with Crippen molar-refractivity contribution in [2.24, 2.45) is 0 Å². The molecule has 0 aliphatic carbocycles. The van der Waals surface area contributed by atoms with Gasteiger partial charge < -0.3 is 4.74 Å². The van der Waals surface area contributed by atoms with Crippen LogP contribution in [0.1, 0.15) is 15.2 Å². The molecular formula is C7H6Br2O2S. The summed E-state index contributed by atoms with van der Waals surface area (Å²) in [5.74, 6) is -0.278. The molecule has 0 amide bonds. The Morgan fingerprint density at radius 3 is 2.92 bits per heavy atom. The highest BCUT2D eigenvalue weighted by atomic mass is 79.9. The minimum Gasteiger partial charge on any atom is -0.465 e. The second-order valence-corrected chi connectivity index (χ2v) is 4.31. The van der Waals surface area contributed by atoms with Crippen molar-refractivity contribution < 1.29 is 9.53 Å². The summed E-state index contributed by atoms with van der Waals surface area (Å²) in [5, 5.41) is 2.53. The van der Waals surface area contributed by atoms with E-state index in [4.69, 9.17) is 0 Å². The van der Waals surface area contributed by atoms with Crippen molar-refractivity contribution in [1.29, 1.82) is 0 Å². The Morgan fingerprint density at radius 1 is 1.75 bits per heavy atom. The second-order valence-electron chi connectivity index (χ2n) is 2.02. The van der Waals surface area contributed by atoms with E-state index in [2.05, 4.69) is 36.6 Å². The molecule has 0 aliphatic heterocycles. The molecular weight excluding hydrogens is 308 g/mol. The zero-order valence-electron chi connectivity index (χ0n) is 6.27. The third kappa shape index (κ3) is 1.89. The minimum atomic E-state index is -0.278. The lowest BCUT2D eigenvalue weighted by atomic mass is 10.3. The van der Waals surface area contributed by atoms with E-state index in [0.29, 0.717) is 10.2 Å². The Balaban J connectivity index is 3.07. The van der Waals surface area contributed by atoms with Crippen LogP contribution in [0.5, 0.6) is 0 Å². The largest absolute Gasteiger partial charge is 0.465 e. The highest BCUT2D eigenvalue weighted by Crippen LogP contribution is 2.29. The van der Waals surface area contributed by atoms with Crippen molar-refractivity contribution in [3.8, 4) is 0 Å². The van der Waals surface area contributed by atoms with Gasteiger partial charge in [0, 0.05) is 20.7 Å². The molecule has 0 spiro atoms. The van der Waals surface area contributed by atoms with Gasteiger partial charge in [-0.3, -0.25) is 0 Å². The lowest BCUT2D eigenvalue weighted by molar-refractivity contribution is 0.0605. The third-order valence-electron chi connectivity index (χ3n) is 1.35. The average Bonchev–Trinajstić information content (AvgIpc) is 2.45. The van der Waals surface area contributed by atoms with Gasteiger partial charge >= 0.3 is 5.97 Å². The van der Waals surface area contributed by atoms with E-state index >= 15 is 0 Å². The van der Waals surface area contributed by atoms with Gasteiger partial charge in [-0.2, -0.15) is 0 Å². The number of methoxy groups -OCH3 is 1. The van der Waals surface area contributed by atoms with E-state index in [-0.39, 0.29) is 5.97 Å². The average molecular weight is 314 g/mol. The number of ether oxygens (including phenoxy) is 1. The van der Waals surface area contributed by atoms with Gasteiger partial charge in [0.05, 0.1) is 7.11 Å². The van der Waals surface area contributed by atoms with Crippen molar-refractivity contribution >= 4 is 49.2 Å². The summed E-state index contributed by atoms with van der Waals surface area (Å²) in [5.41, 5.74) is 0.951. The predicted octanol–water partition coefficient (Wildman–Crippen LogP) is 3.19. The number of alkyl halides is 1. The molecule has 0 N–H and O–H groups in total. The topological polar surface area (TPSA) is 26.3 Å². The first-order chi connectivity index (χ1) is 5.70. The Bertz CT molecular complexity index is 296. The third-order valence-corrected chi connectivity index (χ3v) is 3.92. The number of halogens is 2. The number of carbonyl (C=O) groups excluding carboxylic acids is 1. The standard InChI is InChI=1S/C7H6Br2O2S/c1-11-7(10)6-4(2-8)5(9)3-12-6/h3H,2H2,1H3. The van der Waals surface area contributed by atoms with Crippen LogP contribution in [0, 0.1) is 0 Å². The molecule has 0 bridgehead atoms. The molecule has 1 rings (SSSR count). The number of carbonyl (C=O) groups is 1. The molecule has 1 aromatic heterocycles. The zero-order chi connectivity index (χ0) is 9.14. The van der Waals surface area contributed by atoms with Crippen molar-refractivity contribution in [3.05, 3.63) is 20.3 Å². The van der Waals surface area contributed by atoms with Crippen LogP contribution in [0.2, 0.25) is 0 Å². The second kappa shape index (κ2) is 4.39. The van der Waals surface area contributed by atoms with Gasteiger partial charge in [0.25, 0.3) is 0 Å². The summed E-state index contributed by atoms with van der Waals surface area (Å²) in [4.78, 5) is 11.8. The molecule has 1 heterocycles. The van der Waals surface area contributed by atoms with Crippen molar-refractivity contribution in [2.75, 3.05) is 7.11 Å². The van der Waals surface area contributed by atoms with Gasteiger partial charge in [-0.05, 0) is 15.9 Å². The fourth-order valence-electron chi connectivity index (χ4n) is 0.750. The quantitative estimate of drug-likeness (QED) is 0.619. The van der Waals surface area contributed by atoms with Gasteiger partial charge in [0.1, 0.15) is 4.88 Å². The van der Waals surface area contributed by atoms with Crippen LogP contribution >= 0.6 is 43.2 Å². The Labute approximate surface area is 91.2 Å². The van der Waals surface area contributed by atoms with Crippen LogP contribution in [0.4, 0.5) is 0 Å². The molecule has 66 valence electrons. The van der Waals surface area contributed by atoms with Crippen LogP contribution < -0.4 is 0 Å². The maximum Gasteiger partial charge on any atom is 0.348 e. The number of hydrogen-bond acceptors (Lipinski definition) is 3. The van der Waals surface area contributed by atoms with E-state index in [1.807, 2.05) is 5.38 Å². The fraction of sp³-hybridized carbons (Fsp3) is 0.286. The van der Waals surface area contributed by atoms with Gasteiger partial charge in [0.15, 0.2) is 0 Å². The summed E-state index contributed by atoms with van der Waals surface area (Å²) in [6, 6.07) is 0. The van der Waals surface area contributed by atoms with E-state index in [1.165, 1.54) is 18.4 Å². The van der Waals surface area contributed by atoms with Gasteiger partial charge in [-0.25, -0.2) is 4.79 Å². The molecule has 0 fully saturated rings. The maximum absolute atomic E-state index is 11.2. The zero-order valence-corrected chi connectivity index (χ0v) is 10.3. The Hall–Kier alpha value is 0.130. The summed E-state index contributed by atoms with van der Waals surface area (Å²) < 4.78 is 5.57. The normalized spacial score (nSPS) is 9.92. The minimum absolute atomic E-state index is 0.278. The highest BCUT2D eigenvalue weighted by molar-refractivity contribution is 9.10. The predicted molar refractivity (Wildman–Crippen MR) is 56.0 cm³/mol. The van der Waals surface area contributed by atoms with E-state index in [1.54, 1.807) is 0 Å². The summed E-state index contributed by atoms with van der Waals surface area (Å²) >= 11 is 8.03. The summed E-state index contributed by atoms with van der Waals surface area (Å²) in [6.07, 6.45) is 0. The number of esters is 1. The first kappa shape index (κ1) is 10.2. The van der Waals surface area contributed by atoms with Crippen LogP contribution in [-0.2, 0) is 10.1 Å². The van der Waals surface area contributed by atoms with E-state index in [9.17, 15) is 4.79 Å². The Morgan fingerprint density at radius 2 is 2.42 bits per heavy atom. The van der Waals surface area contributed by atoms with E-state index in [0.717, 1.165) is 10.0 Å². The number of thiophene rings is 1. The molecule has 0 aromatic carbocycles. The van der Waals surface area contributed by atoms with Crippen molar-refractivity contribution in [2.45, 2.75) is 5.33 Å². The molecule has 12 heavy (non-hydrogen) atoms. The van der Waals surface area contributed by atoms with E-state index < -0.39 is 0 Å². The summed E-state index contributed by atoms with van der Waals surface area (Å²) in [6.45, 7) is 0. The van der Waals surface area contributed by atoms with Crippen molar-refractivity contribution in [3.63, 3.8) is 0 Å². The number of rotatable bonds is 2. The lowest BCUT2D eigenvalue weighted by Crippen LogP contribution is -2.00. The van der Waals surface area contributed by atoms with Gasteiger partial charge in [-0.1, -0.05) is 15.9 Å². The fourth-order valence-corrected chi connectivity index (χ4v) is 3.51. The van der Waals surface area contributed by atoms with Crippen LogP contribution in [0.15, 0.2) is 9.85 Å². The first-order valence-corrected chi connectivity index (χ1v) is 5.90. The smallest absolute Gasteiger partial charge is 0.348 e. The Kier molecular flexibility index (Phi) is 3.74. The van der Waals surface area contributed by atoms with Crippen LogP contribution in [-0.4, -0.2) is 13.1 Å². The van der Waals surface area contributed by atoms with Crippen LogP contribution in [0.3, 0.4) is 0 Å². The monoisotopic (exact) mass is 312 g/mol. The first-order valence-electron chi connectivity index (χ1n) is 3.10. The van der Waals surface area contributed by atoms with Crippen molar-refractivity contribution in [1.82, 2.24) is 0 Å². The molecule has 2 nitrogen and oxygen atoms in total. The van der Waals surface area contributed by atoms with Gasteiger partial charge in [-0.15, -0.1) is 11.3 Å². The lowest BCUT2D eigenvalue weighted by Gasteiger charge is -1.97. The molecule has 0 radical (unpaired) electrons. The molecule has 0 unspecified atom stereocenters. The SMILES string of the molecule is COC(=O)c1scc(Br)c1CBr. The molecule has 0 saturated heterocycles. The molecule has 0 aliphatic rings. The maximum atomic E-state index is 11.2. The van der Waals surface area contributed by atoms with Gasteiger partial charge in [0.2, 0.25) is 0 Å². The summed E-state index contributed by atoms with van der Waals surface area (Å²) in [7, 11) is 1.38. The molecule has 0 saturated carbocycles. The molecule has 1 aromatic rings. The van der Waals surface area contributed by atoms with Crippen LogP contribution in [0.25, 0.3) is 0 Å². The highest BCUT2D eigenvalue weighted by Gasteiger charge is 2.15. The number of hydrogen-bond donors (Lipinski definition) is 0. The molecule has 0 atom stereocenters.